The molecule has 1 saturated carbocycles. The van der Waals surface area contributed by atoms with Crippen LogP contribution in [0.4, 0.5) is 0 Å². The molecule has 0 bridgehead atoms. The van der Waals surface area contributed by atoms with Crippen LogP contribution in [0.3, 0.4) is 0 Å². The van der Waals surface area contributed by atoms with Gasteiger partial charge in [0.1, 0.15) is 5.75 Å². The van der Waals surface area contributed by atoms with Gasteiger partial charge in [-0.3, -0.25) is 0 Å². The van der Waals surface area contributed by atoms with Crippen LogP contribution in [0.5, 0.6) is 5.75 Å². The zero-order valence-electron chi connectivity index (χ0n) is 20.8. The quantitative estimate of drug-likeness (QED) is 0.873. The Morgan fingerprint density at radius 1 is 1.61 bits per heavy atom. The maximum absolute atomic E-state index is 11.5. The number of phenolic OH excluding ortho intramolecular Hbond substituents is 1. The predicted octanol–water partition coefficient (Wildman–Crippen LogP) is 2.33. The molecule has 0 saturated heterocycles. The first kappa shape index (κ1) is 5.14. The smallest absolute Gasteiger partial charge is 0.293 e. The van der Waals surface area contributed by atoms with Gasteiger partial charge in [-0.05, 0) is 44.4 Å². The van der Waals surface area contributed by atoms with E-state index < -0.39 is 38.3 Å². The van der Waals surface area contributed by atoms with Gasteiger partial charge in [-0.1, -0.05) is 25.0 Å². The molecule has 0 aliphatic heterocycles. The second kappa shape index (κ2) is 5.29. The minimum absolute atomic E-state index is 0.0416. The van der Waals surface area contributed by atoms with Crippen LogP contribution in [0.25, 0.3) is 0 Å². The summed E-state index contributed by atoms with van der Waals surface area (Å²) in [7, 11) is 0. The van der Waals surface area contributed by atoms with Gasteiger partial charge < -0.3 is 15.1 Å². The van der Waals surface area contributed by atoms with Crippen molar-refractivity contribution >= 4 is 0 Å². The maximum atomic E-state index is 11.5. The summed E-state index contributed by atoms with van der Waals surface area (Å²) in [5, 5.41) is 15.9. The van der Waals surface area contributed by atoms with Crippen LogP contribution in [0.15, 0.2) is 24.3 Å². The number of hydrogen-bond donors (Lipinski definition) is 2. The van der Waals surface area contributed by atoms with Gasteiger partial charge in [0.15, 0.2) is 0 Å². The Hall–Kier alpha value is -1.06. The number of aromatic hydroxyl groups is 1. The molecule has 2 rings (SSSR count). The maximum Gasteiger partial charge on any atom is 0.293 e. The second-order valence-corrected chi connectivity index (χ2v) is 4.38. The van der Waals surface area contributed by atoms with Gasteiger partial charge in [0.2, 0.25) is 0 Å². The van der Waals surface area contributed by atoms with Gasteiger partial charge >= 0.3 is 0 Å². The van der Waals surface area contributed by atoms with Crippen molar-refractivity contribution < 1.29 is 23.9 Å². The molecule has 1 aliphatic rings. The molecular weight excluding hydrogens is 226 g/mol. The fourth-order valence-corrected chi connectivity index (χ4v) is 2.27. The lowest BCUT2D eigenvalue weighted by Gasteiger charge is -2.41. The molecule has 1 aromatic rings. The van der Waals surface area contributed by atoms with Gasteiger partial charge in [-0.15, -0.1) is 0 Å². The van der Waals surface area contributed by atoms with E-state index in [0.29, 0.717) is 0 Å². The topological polar surface area (TPSA) is 43.7 Å². The van der Waals surface area contributed by atoms with Crippen molar-refractivity contribution in [2.45, 2.75) is 31.2 Å². The summed E-state index contributed by atoms with van der Waals surface area (Å²) < 4.78 is 86.0. The summed E-state index contributed by atoms with van der Waals surface area (Å²) in [6, 6.07) is 5.22. The Morgan fingerprint density at radius 3 is 3.28 bits per heavy atom. The van der Waals surface area contributed by atoms with E-state index in [-0.39, 0.29) is 35.5 Å². The Kier molecular flexibility index (Phi) is 1.51. The third-order valence-corrected chi connectivity index (χ3v) is 3.13. The highest BCUT2D eigenvalue weighted by Crippen LogP contribution is 2.42. The first-order valence-corrected chi connectivity index (χ1v) is 5.76. The fraction of sp³-hybridized carbons (Fsp3) is 0.600. The Bertz CT molecular complexity index is 720. The third kappa shape index (κ3) is 2.68. The zero-order chi connectivity index (χ0) is 22.5. The van der Waals surface area contributed by atoms with E-state index in [1.54, 1.807) is 0 Å². The van der Waals surface area contributed by atoms with Crippen LogP contribution in [0, 0.1) is 5.92 Å². The molecule has 1 aromatic carbocycles. The highest BCUT2D eigenvalue weighted by molar-refractivity contribution is 5.32. The summed E-state index contributed by atoms with van der Waals surface area (Å²) in [6.07, 6.45) is -2.59. The number of aliphatic hydroxyl groups is 1. The van der Waals surface area contributed by atoms with Crippen molar-refractivity contribution in [3.63, 3.8) is 0 Å². The largest absolute Gasteiger partial charge is 0.508 e. The first-order chi connectivity index (χ1) is 13.0. The van der Waals surface area contributed by atoms with E-state index in [1.807, 2.05) is 0 Å². The number of rotatable bonds is 4. The summed E-state index contributed by atoms with van der Waals surface area (Å²) in [4.78, 5) is -0.255. The minimum Gasteiger partial charge on any atom is -0.508 e. The molecule has 18 heavy (non-hydrogen) atoms. The molecule has 0 radical (unpaired) electrons. The molecule has 0 heterocycles. The molecule has 2 atom stereocenters. The zero-order valence-corrected chi connectivity index (χ0v) is 9.81. The van der Waals surface area contributed by atoms with E-state index in [0.717, 1.165) is 6.07 Å². The monoisotopic (exact) mass is 260 g/mol. The molecule has 2 N–H and O–H groups in total. The van der Waals surface area contributed by atoms with Crippen molar-refractivity contribution in [2.24, 2.45) is 5.92 Å². The SMILES string of the molecule is [2H]Oc1cccc([C@@]2(O)[C@H](C([2H])([2H])N(C([2H])([2H])[2H])C([2H])([2H])[2H])CCCC2([2H])[2H])c1. The highest BCUT2D eigenvalue weighted by atomic mass is 16.3. The van der Waals surface area contributed by atoms with Crippen molar-refractivity contribution in [2.75, 3.05) is 20.4 Å². The standard InChI is InChI=1S/C15H23NO2/c1-16(2)11-13-6-3-4-9-15(13,18)12-7-5-8-14(17)10-12/h5,7-8,10,13,17-18H,3-4,6,9,11H2,1-2H3/t13-,15+/m0/s1/i1D3,2D3,9D2,11D2/hD. The van der Waals surface area contributed by atoms with Gasteiger partial charge in [-0.2, -0.15) is 0 Å². The van der Waals surface area contributed by atoms with Crippen LogP contribution in [-0.4, -0.2) is 37.0 Å². The summed E-state index contributed by atoms with van der Waals surface area (Å²) in [5.41, 5.74) is -2.70. The van der Waals surface area contributed by atoms with Crippen molar-refractivity contribution in [1.29, 1.82) is 1.43 Å². The van der Waals surface area contributed by atoms with E-state index in [9.17, 15) is 5.11 Å². The minimum atomic E-state index is -3.37. The number of hydrogen-bond acceptors (Lipinski definition) is 3. The van der Waals surface area contributed by atoms with Crippen LogP contribution in [0.2, 0.25) is 0 Å². The second-order valence-electron chi connectivity index (χ2n) is 4.38. The molecule has 1 fully saturated rings. The molecule has 1 aliphatic carbocycles. The first-order valence-electron chi connectivity index (χ1n) is 11.2. The molecule has 0 unspecified atom stereocenters. The Balaban J connectivity index is 2.72. The van der Waals surface area contributed by atoms with Crippen molar-refractivity contribution in [1.82, 2.24) is 4.90 Å². The van der Waals surface area contributed by atoms with Crippen molar-refractivity contribution in [3.05, 3.63) is 29.8 Å². The number of phenols is 1. The average Bonchev–Trinajstić information content (AvgIpc) is 2.53. The highest BCUT2D eigenvalue weighted by Gasteiger charge is 2.40. The van der Waals surface area contributed by atoms with Crippen LogP contribution in [0.1, 0.15) is 44.9 Å². The summed E-state index contributed by atoms with van der Waals surface area (Å²) in [5.74, 6) is -1.78. The van der Waals surface area contributed by atoms with Gasteiger partial charge in [-0.25, -0.2) is 0 Å². The normalized spacial score (nSPS) is 42.3. The molecule has 3 nitrogen and oxygen atoms in total. The summed E-state index contributed by atoms with van der Waals surface area (Å²) in [6.45, 7) is -9.87. The Labute approximate surface area is 125 Å². The predicted molar refractivity (Wildman–Crippen MR) is 72.5 cm³/mol. The van der Waals surface area contributed by atoms with Gasteiger partial charge in [0, 0.05) is 26.1 Å². The molecular formula is C15H23NO2. The van der Waals surface area contributed by atoms with Crippen LogP contribution < -0.4 is 0 Å². The van der Waals surface area contributed by atoms with Gasteiger partial charge in [0.25, 0.3) is 1.43 Å². The van der Waals surface area contributed by atoms with Crippen LogP contribution >= 0.6 is 0 Å². The lowest BCUT2D eigenvalue weighted by atomic mass is 9.71. The average molecular weight is 260 g/mol. The molecule has 0 spiro atoms. The molecule has 3 heteroatoms. The molecule has 0 amide bonds. The number of nitrogens with zero attached hydrogens (tertiary/aromatic N) is 1. The van der Waals surface area contributed by atoms with Gasteiger partial charge in [0.05, 0.1) is 5.60 Å². The fourth-order valence-electron chi connectivity index (χ4n) is 2.27. The molecule has 0 aromatic heterocycles. The van der Waals surface area contributed by atoms with Crippen LogP contribution in [-0.2, 0) is 5.60 Å². The lowest BCUT2D eigenvalue weighted by Crippen LogP contribution is -2.43. The van der Waals surface area contributed by atoms with E-state index in [1.165, 1.54) is 18.2 Å². The van der Waals surface area contributed by atoms with Crippen molar-refractivity contribution in [3.8, 4) is 5.75 Å². The van der Waals surface area contributed by atoms with E-state index in [2.05, 4.69) is 5.11 Å². The van der Waals surface area contributed by atoms with E-state index >= 15 is 0 Å². The molecule has 100 valence electrons. The summed E-state index contributed by atoms with van der Waals surface area (Å²) >= 11 is 0. The van der Waals surface area contributed by atoms with E-state index in [4.69, 9.17) is 15.1 Å². The lowest BCUT2D eigenvalue weighted by molar-refractivity contribution is -0.0619. The third-order valence-electron chi connectivity index (χ3n) is 3.13. The number of benzene rings is 1. The Morgan fingerprint density at radius 2 is 2.50 bits per heavy atom.